The number of amides is 2. The Balaban J connectivity index is 1.68. The second-order valence-electron chi connectivity index (χ2n) is 10.7. The highest BCUT2D eigenvalue weighted by atomic mass is 32.2. The molecule has 1 heterocycles. The van der Waals surface area contributed by atoms with Crippen molar-refractivity contribution in [2.45, 2.75) is 91.0 Å². The van der Waals surface area contributed by atoms with Crippen molar-refractivity contribution in [3.05, 3.63) is 35.9 Å². The van der Waals surface area contributed by atoms with Crippen LogP contribution < -0.4 is 5.32 Å². The molecular weight excluding hydrogens is 500 g/mol. The molecule has 9 heteroatoms. The van der Waals surface area contributed by atoms with Crippen molar-refractivity contribution in [1.82, 2.24) is 15.2 Å². The van der Waals surface area contributed by atoms with Crippen LogP contribution in [0.1, 0.15) is 78.2 Å². The minimum absolute atomic E-state index is 0.116. The van der Waals surface area contributed by atoms with Crippen molar-refractivity contribution >= 4 is 28.8 Å². The van der Waals surface area contributed by atoms with Crippen LogP contribution >= 0.6 is 11.8 Å². The van der Waals surface area contributed by atoms with Gasteiger partial charge >= 0.3 is 6.03 Å². The molecule has 212 valence electrons. The molecule has 1 saturated carbocycles. The summed E-state index contributed by atoms with van der Waals surface area (Å²) in [4.78, 5) is 29.1. The Bertz CT molecular complexity index is 901. The lowest BCUT2D eigenvalue weighted by Crippen LogP contribution is -2.57. The van der Waals surface area contributed by atoms with Crippen LogP contribution in [0.25, 0.3) is 0 Å². The second-order valence-corrected chi connectivity index (χ2v) is 11.8. The average Bonchev–Trinajstić information content (AvgIpc) is 3.35. The highest BCUT2D eigenvalue weighted by Gasteiger charge is 2.42. The summed E-state index contributed by atoms with van der Waals surface area (Å²) in [6, 6.07) is 9.66. The summed E-state index contributed by atoms with van der Waals surface area (Å²) in [5, 5.41) is 9.33. The number of benzene rings is 1. The predicted molar refractivity (Wildman–Crippen MR) is 154 cm³/mol. The zero-order valence-electron chi connectivity index (χ0n) is 23.6. The van der Waals surface area contributed by atoms with Crippen molar-refractivity contribution in [3.8, 4) is 0 Å². The van der Waals surface area contributed by atoms with E-state index in [2.05, 4.69) is 43.0 Å². The van der Waals surface area contributed by atoms with E-state index in [1.807, 2.05) is 30.3 Å². The number of thioether (sulfide) groups is 1. The molecule has 3 rings (SSSR count). The first-order chi connectivity index (χ1) is 18.4. The van der Waals surface area contributed by atoms with Gasteiger partial charge in [-0.25, -0.2) is 4.79 Å². The Kier molecular flexibility index (Phi) is 12.4. The fourth-order valence-electron chi connectivity index (χ4n) is 4.84. The quantitative estimate of drug-likeness (QED) is 0.326. The number of hydrogen-bond acceptors (Lipinski definition) is 7. The van der Waals surface area contributed by atoms with Gasteiger partial charge in [0.25, 0.3) is 11.5 Å². The molecule has 1 fully saturated rings. The van der Waals surface area contributed by atoms with Crippen LogP contribution in [0, 0.1) is 5.92 Å². The number of ether oxygens (including phenoxy) is 2. The van der Waals surface area contributed by atoms with Gasteiger partial charge in [0.2, 0.25) is 0 Å². The van der Waals surface area contributed by atoms with Crippen molar-refractivity contribution < 1.29 is 19.1 Å². The van der Waals surface area contributed by atoms with E-state index in [9.17, 15) is 9.59 Å². The number of urea groups is 1. The number of hydrazone groups is 1. The number of Topliss-reactive ketones (excluding diaryl/α,β-unsaturated/α-hetero) is 1. The van der Waals surface area contributed by atoms with E-state index in [-0.39, 0.29) is 5.78 Å². The summed E-state index contributed by atoms with van der Waals surface area (Å²) in [7, 11) is 0. The van der Waals surface area contributed by atoms with Crippen LogP contribution in [0.15, 0.2) is 35.4 Å². The molecule has 1 N–H and O–H groups in total. The molecule has 38 heavy (non-hydrogen) atoms. The lowest BCUT2D eigenvalue weighted by Gasteiger charge is -2.38. The van der Waals surface area contributed by atoms with E-state index >= 15 is 0 Å². The first-order valence-electron chi connectivity index (χ1n) is 14.2. The standard InChI is InChI=1S/C29H46N4O4S/c1-5-32(6-2)19-20-38-28-31-33(26(37-28)25(34)16-15-23(3)4)27(35)30-29(17-11-8-12-18-29)22-36-21-24-13-9-7-10-14-24/h7,9-10,13-14,23,26H,5-6,8,11-12,15-22H2,1-4H3,(H,30,35). The zero-order chi connectivity index (χ0) is 27.4. The third-order valence-corrected chi connectivity index (χ3v) is 8.09. The van der Waals surface area contributed by atoms with Gasteiger partial charge in [0, 0.05) is 18.7 Å². The molecule has 0 spiro atoms. The fourth-order valence-corrected chi connectivity index (χ4v) is 5.67. The maximum Gasteiger partial charge on any atom is 0.342 e. The number of ketones is 1. The lowest BCUT2D eigenvalue weighted by molar-refractivity contribution is -0.131. The molecule has 1 atom stereocenters. The van der Waals surface area contributed by atoms with E-state index in [1.54, 1.807) is 0 Å². The normalized spacial score (nSPS) is 18.9. The molecular formula is C29H46N4O4S. The fraction of sp³-hybridized carbons (Fsp3) is 0.690. The van der Waals surface area contributed by atoms with Gasteiger partial charge in [-0.15, -0.1) is 5.10 Å². The van der Waals surface area contributed by atoms with E-state index in [0.717, 1.165) is 69.5 Å². The number of nitrogens with zero attached hydrogens (tertiary/aromatic N) is 3. The number of carbonyl (C=O) groups excluding carboxylic acids is 2. The molecule has 1 aliphatic heterocycles. The van der Waals surface area contributed by atoms with Crippen LogP contribution in [0.2, 0.25) is 0 Å². The maximum absolute atomic E-state index is 13.6. The molecule has 8 nitrogen and oxygen atoms in total. The van der Waals surface area contributed by atoms with E-state index in [1.165, 1.54) is 16.8 Å². The molecule has 0 aromatic heterocycles. The van der Waals surface area contributed by atoms with Gasteiger partial charge in [-0.1, -0.05) is 89.1 Å². The van der Waals surface area contributed by atoms with E-state index in [4.69, 9.17) is 9.47 Å². The first kappa shape index (κ1) is 30.4. The van der Waals surface area contributed by atoms with Crippen LogP contribution in [0.3, 0.4) is 0 Å². The monoisotopic (exact) mass is 546 g/mol. The van der Waals surface area contributed by atoms with Crippen molar-refractivity contribution in [2.75, 3.05) is 32.0 Å². The summed E-state index contributed by atoms with van der Waals surface area (Å²) in [5.41, 5.74) is 0.619. The summed E-state index contributed by atoms with van der Waals surface area (Å²) in [6.07, 6.45) is 4.95. The van der Waals surface area contributed by atoms with Crippen molar-refractivity contribution in [1.29, 1.82) is 0 Å². The molecule has 1 unspecified atom stereocenters. The molecule has 0 radical (unpaired) electrons. The van der Waals surface area contributed by atoms with Crippen LogP contribution in [-0.4, -0.2) is 70.7 Å². The largest absolute Gasteiger partial charge is 0.438 e. The van der Waals surface area contributed by atoms with Gasteiger partial charge in [-0.3, -0.25) is 4.79 Å². The number of hydrogen-bond donors (Lipinski definition) is 1. The molecule has 0 bridgehead atoms. The van der Waals surface area contributed by atoms with Gasteiger partial charge in [0.1, 0.15) is 0 Å². The second kappa shape index (κ2) is 15.5. The molecule has 1 aliphatic carbocycles. The zero-order valence-corrected chi connectivity index (χ0v) is 24.4. The predicted octanol–water partition coefficient (Wildman–Crippen LogP) is 5.63. The topological polar surface area (TPSA) is 83.5 Å². The van der Waals surface area contributed by atoms with Crippen LogP contribution in [0.5, 0.6) is 0 Å². The molecule has 1 aromatic rings. The van der Waals surface area contributed by atoms with Gasteiger partial charge < -0.3 is 19.7 Å². The Hall–Kier alpha value is -2.10. The van der Waals surface area contributed by atoms with Crippen LogP contribution in [0.4, 0.5) is 4.79 Å². The van der Waals surface area contributed by atoms with Crippen molar-refractivity contribution in [2.24, 2.45) is 11.0 Å². The summed E-state index contributed by atoms with van der Waals surface area (Å²) >= 11 is 1.45. The average molecular weight is 547 g/mol. The van der Waals surface area contributed by atoms with Gasteiger partial charge in [-0.05, 0) is 43.8 Å². The number of nitrogens with one attached hydrogen (secondary N) is 1. The Morgan fingerprint density at radius 2 is 1.89 bits per heavy atom. The molecule has 2 aliphatic rings. The molecule has 0 saturated heterocycles. The van der Waals surface area contributed by atoms with E-state index < -0.39 is 17.8 Å². The minimum Gasteiger partial charge on any atom is -0.438 e. The SMILES string of the molecule is CCN(CC)CCSC1=NN(C(=O)NC2(COCc3ccccc3)CCCCC2)C(C(=O)CCC(C)C)O1. The summed E-state index contributed by atoms with van der Waals surface area (Å²) in [5.74, 6) is 1.05. The maximum atomic E-state index is 13.6. The number of rotatable bonds is 14. The third-order valence-electron chi connectivity index (χ3n) is 7.28. The Morgan fingerprint density at radius 3 is 2.55 bits per heavy atom. The summed E-state index contributed by atoms with van der Waals surface area (Å²) < 4.78 is 12.1. The molecule has 2 amide bonds. The smallest absolute Gasteiger partial charge is 0.342 e. The van der Waals surface area contributed by atoms with Crippen molar-refractivity contribution in [3.63, 3.8) is 0 Å². The van der Waals surface area contributed by atoms with Crippen LogP contribution in [-0.2, 0) is 20.9 Å². The Labute approximate surface area is 232 Å². The van der Waals surface area contributed by atoms with E-state index in [0.29, 0.717) is 30.8 Å². The van der Waals surface area contributed by atoms with Gasteiger partial charge in [0.15, 0.2) is 5.78 Å². The highest BCUT2D eigenvalue weighted by molar-refractivity contribution is 8.13. The summed E-state index contributed by atoms with van der Waals surface area (Å²) in [6.45, 7) is 12.2. The Morgan fingerprint density at radius 1 is 1.18 bits per heavy atom. The number of carbonyl (C=O) groups is 2. The van der Waals surface area contributed by atoms with Gasteiger partial charge in [-0.2, -0.15) is 5.01 Å². The minimum atomic E-state index is -1.02. The first-order valence-corrected chi connectivity index (χ1v) is 15.2. The van der Waals surface area contributed by atoms with Gasteiger partial charge in [0.05, 0.1) is 18.8 Å². The third kappa shape index (κ3) is 9.27. The highest BCUT2D eigenvalue weighted by Crippen LogP contribution is 2.30. The lowest BCUT2D eigenvalue weighted by atomic mass is 9.82. The molecule has 1 aromatic carbocycles.